The lowest BCUT2D eigenvalue weighted by Gasteiger charge is -2.10. The van der Waals surface area contributed by atoms with Crippen LogP contribution in [0.2, 0.25) is 0 Å². The van der Waals surface area contributed by atoms with Crippen molar-refractivity contribution in [2.45, 2.75) is 31.4 Å². The molecule has 0 radical (unpaired) electrons. The van der Waals surface area contributed by atoms with Gasteiger partial charge in [-0.2, -0.15) is 0 Å². The first-order valence-corrected chi connectivity index (χ1v) is 9.34. The maximum atomic E-state index is 11.3. The fraction of sp³-hybridized carbons (Fsp3) is 0.300. The van der Waals surface area contributed by atoms with Crippen molar-refractivity contribution in [3.8, 4) is 5.75 Å². The highest BCUT2D eigenvalue weighted by Gasteiger charge is 2.26. The van der Waals surface area contributed by atoms with Gasteiger partial charge >= 0.3 is 0 Å². The van der Waals surface area contributed by atoms with Crippen LogP contribution in [-0.4, -0.2) is 22.1 Å². The molecule has 0 aliphatic carbocycles. The van der Waals surface area contributed by atoms with Crippen LogP contribution in [0.4, 0.5) is 4.79 Å². The van der Waals surface area contributed by atoms with Crippen LogP contribution in [0.3, 0.4) is 0 Å². The summed E-state index contributed by atoms with van der Waals surface area (Å²) in [6.07, 6.45) is 4.51. The van der Waals surface area contributed by atoms with E-state index in [4.69, 9.17) is 4.74 Å². The lowest BCUT2D eigenvalue weighted by Crippen LogP contribution is -2.12. The van der Waals surface area contributed by atoms with Gasteiger partial charge in [0.1, 0.15) is 5.75 Å². The van der Waals surface area contributed by atoms with Gasteiger partial charge < -0.3 is 10.1 Å². The van der Waals surface area contributed by atoms with Crippen LogP contribution in [0.5, 0.6) is 5.75 Å². The highest BCUT2D eigenvalue weighted by Crippen LogP contribution is 2.28. The Kier molecular flexibility index (Phi) is 5.76. The molecule has 2 heterocycles. The van der Waals surface area contributed by atoms with Gasteiger partial charge in [-0.3, -0.25) is 9.78 Å². The largest absolute Gasteiger partial charge is 0.493 e. The van der Waals surface area contributed by atoms with Crippen LogP contribution in [-0.2, 0) is 19.3 Å². The molecule has 2 aromatic rings. The summed E-state index contributed by atoms with van der Waals surface area (Å²) in [5.41, 5.74) is 4.25. The molecule has 5 heteroatoms. The van der Waals surface area contributed by atoms with E-state index in [1.54, 1.807) is 0 Å². The lowest BCUT2D eigenvalue weighted by molar-refractivity contribution is 0.263. The van der Waals surface area contributed by atoms with Crippen molar-refractivity contribution < 1.29 is 9.53 Å². The topological polar surface area (TPSA) is 51.2 Å². The molecule has 1 atom stereocenters. The summed E-state index contributed by atoms with van der Waals surface area (Å²) in [5, 5.41) is 2.84. The fourth-order valence-electron chi connectivity index (χ4n) is 2.63. The molecule has 1 aromatic carbocycles. The Morgan fingerprint density at radius 3 is 2.56 bits per heavy atom. The van der Waals surface area contributed by atoms with Gasteiger partial charge in [-0.05, 0) is 42.2 Å². The molecular formula is C20H22N2O2S. The molecule has 1 aromatic heterocycles. The number of amides is 1. The molecule has 0 saturated carbocycles. The number of nitrogens with one attached hydrogen (secondary N) is 1. The summed E-state index contributed by atoms with van der Waals surface area (Å²) < 4.78 is 5.80. The van der Waals surface area contributed by atoms with Crippen molar-refractivity contribution in [3.63, 3.8) is 0 Å². The molecule has 25 heavy (non-hydrogen) atoms. The van der Waals surface area contributed by atoms with Crippen LogP contribution in [0.15, 0.2) is 54.9 Å². The molecule has 3 rings (SSSR count). The third-order valence-electron chi connectivity index (χ3n) is 4.17. The standard InChI is InChI=1S/C20H22N2O2S/c1-3-15-4-7-17(21-13-15)10-11-24-18-8-5-16(6-9-18)12-19-14(2)22-20(23)25-19/h4-9,13,19H,2-3,10-12H2,1H3,(H,22,23)/t19-/m1/s1. The first-order valence-electron chi connectivity index (χ1n) is 8.46. The average Bonchev–Trinajstić information content (AvgIpc) is 2.94. The second-order valence-electron chi connectivity index (χ2n) is 6.00. The van der Waals surface area contributed by atoms with Crippen molar-refractivity contribution in [3.05, 3.63) is 71.7 Å². The van der Waals surface area contributed by atoms with Gasteiger partial charge in [0.05, 0.1) is 11.9 Å². The van der Waals surface area contributed by atoms with Crippen LogP contribution < -0.4 is 10.1 Å². The highest BCUT2D eigenvalue weighted by molar-refractivity contribution is 8.14. The molecule has 1 saturated heterocycles. The predicted molar refractivity (Wildman–Crippen MR) is 102 cm³/mol. The van der Waals surface area contributed by atoms with Gasteiger partial charge in [-0.15, -0.1) is 0 Å². The number of benzene rings is 1. The number of hydrogen-bond acceptors (Lipinski definition) is 4. The molecule has 130 valence electrons. The first-order chi connectivity index (χ1) is 12.1. The molecule has 1 fully saturated rings. The van der Waals surface area contributed by atoms with Crippen molar-refractivity contribution in [2.24, 2.45) is 0 Å². The molecule has 1 aliphatic heterocycles. The number of aryl methyl sites for hydroxylation is 1. The van der Waals surface area contributed by atoms with E-state index in [1.165, 1.54) is 22.9 Å². The van der Waals surface area contributed by atoms with Gasteiger partial charge in [-0.1, -0.05) is 43.5 Å². The van der Waals surface area contributed by atoms with Crippen molar-refractivity contribution in [1.29, 1.82) is 0 Å². The Morgan fingerprint density at radius 2 is 1.96 bits per heavy atom. The summed E-state index contributed by atoms with van der Waals surface area (Å²) in [7, 11) is 0. The molecule has 1 amide bonds. The van der Waals surface area contributed by atoms with Gasteiger partial charge in [-0.25, -0.2) is 0 Å². The minimum atomic E-state index is -0.0180. The summed E-state index contributed by atoms with van der Waals surface area (Å²) in [6.45, 7) is 6.62. The second-order valence-corrected chi connectivity index (χ2v) is 7.18. The third-order valence-corrected chi connectivity index (χ3v) is 5.22. The van der Waals surface area contributed by atoms with Crippen LogP contribution in [0.25, 0.3) is 0 Å². The normalized spacial score (nSPS) is 16.8. The lowest BCUT2D eigenvalue weighted by atomic mass is 10.1. The Labute approximate surface area is 152 Å². The summed E-state index contributed by atoms with van der Waals surface area (Å²) in [6, 6.07) is 12.2. The molecule has 0 bridgehead atoms. The van der Waals surface area contributed by atoms with E-state index in [9.17, 15) is 4.79 Å². The summed E-state index contributed by atoms with van der Waals surface area (Å²) in [5.74, 6) is 0.848. The summed E-state index contributed by atoms with van der Waals surface area (Å²) >= 11 is 1.30. The Hall–Kier alpha value is -2.27. The molecule has 0 unspecified atom stereocenters. The fourth-order valence-corrected chi connectivity index (χ4v) is 3.55. The Morgan fingerprint density at radius 1 is 1.20 bits per heavy atom. The van der Waals surface area contributed by atoms with Gasteiger partial charge in [0.25, 0.3) is 5.24 Å². The number of nitrogens with zero attached hydrogens (tertiary/aromatic N) is 1. The van der Waals surface area contributed by atoms with E-state index in [0.717, 1.165) is 36.4 Å². The zero-order chi connectivity index (χ0) is 17.6. The molecular weight excluding hydrogens is 332 g/mol. The Bertz CT molecular complexity index is 741. The molecule has 4 nitrogen and oxygen atoms in total. The van der Waals surface area contributed by atoms with Gasteiger partial charge in [0.2, 0.25) is 0 Å². The number of aromatic nitrogens is 1. The molecule has 0 spiro atoms. The number of pyridine rings is 1. The quantitative estimate of drug-likeness (QED) is 0.812. The van der Waals surface area contributed by atoms with Crippen molar-refractivity contribution >= 4 is 17.0 Å². The Balaban J connectivity index is 1.47. The molecule has 1 aliphatic rings. The smallest absolute Gasteiger partial charge is 0.283 e. The second kappa shape index (κ2) is 8.21. The number of carbonyl (C=O) groups excluding carboxylic acids is 1. The van der Waals surface area contributed by atoms with Crippen molar-refractivity contribution in [1.82, 2.24) is 10.3 Å². The zero-order valence-electron chi connectivity index (χ0n) is 14.3. The van der Waals surface area contributed by atoms with E-state index >= 15 is 0 Å². The number of ether oxygens (including phenoxy) is 1. The molecule has 1 N–H and O–H groups in total. The zero-order valence-corrected chi connectivity index (χ0v) is 15.1. The van der Waals surface area contributed by atoms with Gasteiger partial charge in [0.15, 0.2) is 0 Å². The van der Waals surface area contributed by atoms with Gasteiger partial charge in [0, 0.05) is 24.0 Å². The minimum Gasteiger partial charge on any atom is -0.493 e. The predicted octanol–water partition coefficient (Wildman–Crippen LogP) is 4.15. The van der Waals surface area contributed by atoms with E-state index in [2.05, 4.69) is 35.9 Å². The number of thioether (sulfide) groups is 1. The van der Waals surface area contributed by atoms with E-state index in [-0.39, 0.29) is 10.5 Å². The van der Waals surface area contributed by atoms with Crippen LogP contribution in [0.1, 0.15) is 23.7 Å². The monoisotopic (exact) mass is 354 g/mol. The number of rotatable bonds is 7. The minimum absolute atomic E-state index is 0.0180. The van der Waals surface area contributed by atoms with E-state index in [0.29, 0.717) is 6.61 Å². The average molecular weight is 354 g/mol. The third kappa shape index (κ3) is 4.86. The van der Waals surface area contributed by atoms with Crippen molar-refractivity contribution in [2.75, 3.05) is 6.61 Å². The highest BCUT2D eigenvalue weighted by atomic mass is 32.2. The maximum Gasteiger partial charge on any atom is 0.283 e. The summed E-state index contributed by atoms with van der Waals surface area (Å²) in [4.78, 5) is 15.8. The SMILES string of the molecule is C=C1NC(=O)S[C@@H]1Cc1ccc(OCCc2ccc(CC)cn2)cc1. The van der Waals surface area contributed by atoms with E-state index < -0.39 is 0 Å². The number of hydrogen-bond donors (Lipinski definition) is 1. The number of carbonyl (C=O) groups is 1. The first kappa shape index (κ1) is 17.5. The van der Waals surface area contributed by atoms with Crippen LogP contribution >= 0.6 is 11.8 Å². The van der Waals surface area contributed by atoms with E-state index in [1.807, 2.05) is 30.5 Å². The maximum absolute atomic E-state index is 11.3. The van der Waals surface area contributed by atoms with Crippen LogP contribution in [0, 0.1) is 0 Å².